The Morgan fingerprint density at radius 2 is 2.18 bits per heavy atom. The van der Waals surface area contributed by atoms with Crippen LogP contribution in [0.1, 0.15) is 6.42 Å². The molecule has 4 nitrogen and oxygen atoms in total. The molecule has 0 spiro atoms. The van der Waals surface area contributed by atoms with Crippen LogP contribution in [0.15, 0.2) is 27.6 Å². The van der Waals surface area contributed by atoms with Gasteiger partial charge in [0.2, 0.25) is 10.0 Å². The molecule has 0 aliphatic carbocycles. The van der Waals surface area contributed by atoms with E-state index in [0.29, 0.717) is 17.5 Å². The smallest absolute Gasteiger partial charge is 0.243 e. The van der Waals surface area contributed by atoms with Crippen molar-refractivity contribution in [3.05, 3.63) is 28.5 Å². The lowest BCUT2D eigenvalue weighted by Crippen LogP contribution is -2.26. The Kier molecular flexibility index (Phi) is 5.51. The van der Waals surface area contributed by atoms with Gasteiger partial charge in [0.1, 0.15) is 10.7 Å². The average Bonchev–Trinajstić information content (AvgIpc) is 2.28. The van der Waals surface area contributed by atoms with E-state index >= 15 is 0 Å². The van der Waals surface area contributed by atoms with Crippen molar-refractivity contribution in [1.29, 1.82) is 0 Å². The lowest BCUT2D eigenvalue weighted by molar-refractivity contribution is 0.196. The van der Waals surface area contributed by atoms with Gasteiger partial charge in [0.25, 0.3) is 0 Å². The zero-order chi connectivity index (χ0) is 12.9. The first-order valence-electron chi connectivity index (χ1n) is 4.91. The highest BCUT2D eigenvalue weighted by Gasteiger charge is 2.18. The molecule has 0 fully saturated rings. The summed E-state index contributed by atoms with van der Waals surface area (Å²) in [6, 6.07) is 3.78. The molecular formula is C10H13BrFNO3S. The predicted octanol–water partition coefficient (Wildman–Crippen LogP) is 1.90. The van der Waals surface area contributed by atoms with E-state index in [1.54, 1.807) is 0 Å². The van der Waals surface area contributed by atoms with Gasteiger partial charge in [-0.1, -0.05) is 15.9 Å². The van der Waals surface area contributed by atoms with E-state index < -0.39 is 15.8 Å². The summed E-state index contributed by atoms with van der Waals surface area (Å²) in [6.45, 7) is 0.658. The minimum atomic E-state index is -3.80. The fourth-order valence-electron chi connectivity index (χ4n) is 1.18. The van der Waals surface area contributed by atoms with E-state index in [2.05, 4.69) is 20.7 Å². The monoisotopic (exact) mass is 325 g/mol. The highest BCUT2D eigenvalue weighted by atomic mass is 79.9. The van der Waals surface area contributed by atoms with Crippen LogP contribution < -0.4 is 4.72 Å². The largest absolute Gasteiger partial charge is 0.385 e. The first-order chi connectivity index (χ1) is 7.97. The van der Waals surface area contributed by atoms with Crippen LogP contribution in [0.3, 0.4) is 0 Å². The molecule has 1 aromatic carbocycles. The van der Waals surface area contributed by atoms with Gasteiger partial charge in [-0.3, -0.25) is 0 Å². The number of hydrogen-bond donors (Lipinski definition) is 1. The van der Waals surface area contributed by atoms with Crippen LogP contribution in [-0.4, -0.2) is 28.7 Å². The van der Waals surface area contributed by atoms with E-state index in [-0.39, 0.29) is 11.4 Å². The summed E-state index contributed by atoms with van der Waals surface area (Å²) in [5.74, 6) is -0.771. The Labute approximate surface area is 108 Å². The molecule has 0 bridgehead atoms. The summed E-state index contributed by atoms with van der Waals surface area (Å²) in [5.41, 5.74) is 0. The average molecular weight is 326 g/mol. The highest BCUT2D eigenvalue weighted by molar-refractivity contribution is 9.10. The van der Waals surface area contributed by atoms with E-state index in [9.17, 15) is 12.8 Å². The molecule has 7 heteroatoms. The fourth-order valence-corrected chi connectivity index (χ4v) is 2.87. The van der Waals surface area contributed by atoms with E-state index in [1.165, 1.54) is 19.2 Å². The van der Waals surface area contributed by atoms with Crippen molar-refractivity contribution in [2.24, 2.45) is 0 Å². The van der Waals surface area contributed by atoms with Crippen LogP contribution in [0.4, 0.5) is 4.39 Å². The molecule has 0 atom stereocenters. The molecule has 96 valence electrons. The standard InChI is InChI=1S/C10H13BrFNO3S/c1-16-6-2-5-13-17(14,15)10-7-8(11)3-4-9(10)12/h3-4,7,13H,2,5-6H2,1H3. The van der Waals surface area contributed by atoms with Crippen LogP contribution in [0.25, 0.3) is 0 Å². The quantitative estimate of drug-likeness (QED) is 0.813. The number of hydrogen-bond acceptors (Lipinski definition) is 3. The zero-order valence-electron chi connectivity index (χ0n) is 9.24. The Hall–Kier alpha value is -0.500. The lowest BCUT2D eigenvalue weighted by atomic mass is 10.3. The molecule has 0 aromatic heterocycles. The first-order valence-corrected chi connectivity index (χ1v) is 7.18. The second-order valence-corrected chi connectivity index (χ2v) is 5.97. The van der Waals surface area contributed by atoms with Crippen molar-refractivity contribution in [2.45, 2.75) is 11.3 Å². The molecule has 0 aliphatic heterocycles. The number of halogens is 2. The molecule has 17 heavy (non-hydrogen) atoms. The van der Waals surface area contributed by atoms with Crippen LogP contribution in [0.5, 0.6) is 0 Å². The number of nitrogens with one attached hydrogen (secondary N) is 1. The van der Waals surface area contributed by atoms with Gasteiger partial charge in [-0.2, -0.15) is 0 Å². The minimum absolute atomic E-state index is 0.210. The minimum Gasteiger partial charge on any atom is -0.385 e. The highest BCUT2D eigenvalue weighted by Crippen LogP contribution is 2.19. The number of benzene rings is 1. The Morgan fingerprint density at radius 3 is 2.82 bits per heavy atom. The van der Waals surface area contributed by atoms with Crippen molar-refractivity contribution in [1.82, 2.24) is 4.72 Å². The maximum absolute atomic E-state index is 13.4. The summed E-state index contributed by atoms with van der Waals surface area (Å²) in [5, 5.41) is 0. The SMILES string of the molecule is COCCCNS(=O)(=O)c1cc(Br)ccc1F. The van der Waals surface area contributed by atoms with E-state index in [1.807, 2.05) is 0 Å². The molecule has 0 unspecified atom stereocenters. The van der Waals surface area contributed by atoms with Crippen molar-refractivity contribution in [2.75, 3.05) is 20.3 Å². The van der Waals surface area contributed by atoms with Gasteiger partial charge in [0, 0.05) is 24.7 Å². The maximum Gasteiger partial charge on any atom is 0.243 e. The van der Waals surface area contributed by atoms with E-state index in [4.69, 9.17) is 4.74 Å². The fraction of sp³-hybridized carbons (Fsp3) is 0.400. The third-order valence-corrected chi connectivity index (χ3v) is 3.97. The number of methoxy groups -OCH3 is 1. The number of rotatable bonds is 6. The normalized spacial score (nSPS) is 11.7. The Bertz CT molecular complexity index is 478. The maximum atomic E-state index is 13.4. The van der Waals surface area contributed by atoms with Gasteiger partial charge in [-0.15, -0.1) is 0 Å². The van der Waals surface area contributed by atoms with Gasteiger partial charge in [-0.05, 0) is 24.6 Å². The van der Waals surface area contributed by atoms with Crippen LogP contribution in [-0.2, 0) is 14.8 Å². The summed E-state index contributed by atoms with van der Waals surface area (Å²) < 4.78 is 44.5. The van der Waals surface area contributed by atoms with Gasteiger partial charge >= 0.3 is 0 Å². The van der Waals surface area contributed by atoms with Gasteiger partial charge in [0.15, 0.2) is 0 Å². The Balaban J connectivity index is 2.79. The molecule has 0 amide bonds. The van der Waals surface area contributed by atoms with Crippen LogP contribution in [0.2, 0.25) is 0 Å². The third kappa shape index (κ3) is 4.34. The molecular weight excluding hydrogens is 313 g/mol. The van der Waals surface area contributed by atoms with Crippen molar-refractivity contribution in [3.63, 3.8) is 0 Å². The first kappa shape index (κ1) is 14.6. The van der Waals surface area contributed by atoms with Gasteiger partial charge < -0.3 is 4.74 Å². The van der Waals surface area contributed by atoms with Crippen LogP contribution in [0, 0.1) is 5.82 Å². The van der Waals surface area contributed by atoms with Gasteiger partial charge in [-0.25, -0.2) is 17.5 Å². The summed E-state index contributed by atoms with van der Waals surface area (Å²) in [6.07, 6.45) is 0.533. The predicted molar refractivity (Wildman–Crippen MR) is 65.8 cm³/mol. The molecule has 0 radical (unpaired) electrons. The molecule has 0 heterocycles. The third-order valence-electron chi connectivity index (χ3n) is 2.00. The summed E-state index contributed by atoms with van der Waals surface area (Å²) in [4.78, 5) is -0.357. The molecule has 0 aliphatic rings. The molecule has 1 rings (SSSR count). The lowest BCUT2D eigenvalue weighted by Gasteiger charge is -2.07. The van der Waals surface area contributed by atoms with E-state index in [0.717, 1.165) is 6.07 Å². The second kappa shape index (κ2) is 6.44. The molecule has 0 saturated carbocycles. The van der Waals surface area contributed by atoms with Crippen molar-refractivity contribution < 1.29 is 17.5 Å². The Morgan fingerprint density at radius 1 is 1.47 bits per heavy atom. The molecule has 0 saturated heterocycles. The molecule has 1 aromatic rings. The summed E-state index contributed by atoms with van der Waals surface area (Å²) >= 11 is 3.10. The number of ether oxygens (including phenoxy) is 1. The zero-order valence-corrected chi connectivity index (χ0v) is 11.6. The topological polar surface area (TPSA) is 55.4 Å². The van der Waals surface area contributed by atoms with Crippen LogP contribution >= 0.6 is 15.9 Å². The molecule has 1 N–H and O–H groups in total. The number of sulfonamides is 1. The van der Waals surface area contributed by atoms with Crippen molar-refractivity contribution in [3.8, 4) is 0 Å². The van der Waals surface area contributed by atoms with Crippen molar-refractivity contribution >= 4 is 26.0 Å². The second-order valence-electron chi connectivity index (χ2n) is 3.32. The van der Waals surface area contributed by atoms with Gasteiger partial charge in [0.05, 0.1) is 0 Å². The summed E-state index contributed by atoms with van der Waals surface area (Å²) in [7, 11) is -2.27.